The minimum absolute atomic E-state index is 0.157. The van der Waals surface area contributed by atoms with Gasteiger partial charge in [-0.1, -0.05) is 60.7 Å². The van der Waals surface area contributed by atoms with Crippen LogP contribution in [0.1, 0.15) is 11.1 Å². The molecule has 34 heavy (non-hydrogen) atoms. The molecule has 0 atom stereocenters. The Morgan fingerprint density at radius 2 is 1.35 bits per heavy atom. The largest absolute Gasteiger partial charge is 0.379 e. The molecule has 0 aromatic heterocycles. The van der Waals surface area contributed by atoms with Gasteiger partial charge in [-0.2, -0.15) is 4.31 Å². The number of ether oxygens (including phenoxy) is 1. The number of hydrogen-bond donors (Lipinski definition) is 1. The Morgan fingerprint density at radius 3 is 1.88 bits per heavy atom. The molecule has 0 unspecified atom stereocenters. The molecule has 0 spiro atoms. The van der Waals surface area contributed by atoms with Crippen molar-refractivity contribution in [2.45, 2.75) is 18.0 Å². The zero-order chi connectivity index (χ0) is 23.8. The van der Waals surface area contributed by atoms with Gasteiger partial charge in [-0.25, -0.2) is 8.42 Å². The summed E-state index contributed by atoms with van der Waals surface area (Å²) in [6, 6.07) is 26.4. The molecule has 7 nitrogen and oxygen atoms in total. The lowest BCUT2D eigenvalue weighted by atomic mass is 10.1. The number of morpholine rings is 1. The van der Waals surface area contributed by atoms with E-state index in [9.17, 15) is 13.2 Å². The molecule has 0 radical (unpaired) electrons. The first-order valence-corrected chi connectivity index (χ1v) is 12.7. The lowest BCUT2D eigenvalue weighted by Crippen LogP contribution is -2.40. The molecule has 1 fully saturated rings. The molecular formula is C26H29N3O4S. The van der Waals surface area contributed by atoms with E-state index in [0.717, 1.165) is 11.1 Å². The van der Waals surface area contributed by atoms with Crippen LogP contribution in [0, 0.1) is 0 Å². The standard InChI is InChI=1S/C26H29N3O4S/c30-26(21-28(19-22-7-3-1-4-8-22)20-23-9-5-2-6-10-23)27-24-11-13-25(14-12-24)34(31,32)29-15-17-33-18-16-29/h1-14H,15-21H2,(H,27,30). The molecule has 4 rings (SSSR count). The highest BCUT2D eigenvalue weighted by atomic mass is 32.2. The van der Waals surface area contributed by atoms with Crippen molar-refractivity contribution in [3.8, 4) is 0 Å². The van der Waals surface area contributed by atoms with Gasteiger partial charge in [0.25, 0.3) is 0 Å². The number of rotatable bonds is 9. The van der Waals surface area contributed by atoms with Gasteiger partial charge in [0.1, 0.15) is 0 Å². The molecule has 3 aromatic carbocycles. The van der Waals surface area contributed by atoms with Gasteiger partial charge in [0.2, 0.25) is 15.9 Å². The normalized spacial score (nSPS) is 14.7. The number of sulfonamides is 1. The average molecular weight is 480 g/mol. The fourth-order valence-electron chi connectivity index (χ4n) is 3.90. The smallest absolute Gasteiger partial charge is 0.243 e. The van der Waals surface area contributed by atoms with Crippen molar-refractivity contribution < 1.29 is 17.9 Å². The lowest BCUT2D eigenvalue weighted by Gasteiger charge is -2.26. The molecular weight excluding hydrogens is 450 g/mol. The third kappa shape index (κ3) is 6.51. The van der Waals surface area contributed by atoms with E-state index in [1.165, 1.54) is 16.4 Å². The Kier molecular flexibility index (Phi) is 8.08. The van der Waals surface area contributed by atoms with E-state index in [2.05, 4.69) is 10.2 Å². The lowest BCUT2D eigenvalue weighted by molar-refractivity contribution is -0.117. The predicted molar refractivity (Wildman–Crippen MR) is 132 cm³/mol. The summed E-state index contributed by atoms with van der Waals surface area (Å²) < 4.78 is 32.2. The van der Waals surface area contributed by atoms with Crippen LogP contribution in [-0.4, -0.2) is 56.4 Å². The topological polar surface area (TPSA) is 79.0 Å². The van der Waals surface area contributed by atoms with E-state index in [1.54, 1.807) is 12.1 Å². The third-order valence-electron chi connectivity index (χ3n) is 5.61. The van der Waals surface area contributed by atoms with Gasteiger partial charge in [-0.15, -0.1) is 0 Å². The first-order valence-electron chi connectivity index (χ1n) is 11.3. The van der Waals surface area contributed by atoms with Crippen LogP contribution in [0.2, 0.25) is 0 Å². The van der Waals surface area contributed by atoms with Gasteiger partial charge in [0, 0.05) is 31.9 Å². The van der Waals surface area contributed by atoms with Crippen molar-refractivity contribution in [3.63, 3.8) is 0 Å². The van der Waals surface area contributed by atoms with E-state index < -0.39 is 10.0 Å². The molecule has 1 saturated heterocycles. The Hall–Kier alpha value is -3.04. The summed E-state index contributed by atoms with van der Waals surface area (Å²) >= 11 is 0. The first-order chi connectivity index (χ1) is 16.5. The Balaban J connectivity index is 1.40. The molecule has 178 valence electrons. The molecule has 0 bridgehead atoms. The van der Waals surface area contributed by atoms with E-state index in [-0.39, 0.29) is 17.3 Å². The van der Waals surface area contributed by atoms with E-state index in [0.29, 0.717) is 45.1 Å². The van der Waals surface area contributed by atoms with Crippen molar-refractivity contribution in [3.05, 3.63) is 96.1 Å². The summed E-state index contributed by atoms with van der Waals surface area (Å²) in [5, 5.41) is 2.89. The number of nitrogens with zero attached hydrogens (tertiary/aromatic N) is 2. The quantitative estimate of drug-likeness (QED) is 0.509. The second kappa shape index (κ2) is 11.4. The van der Waals surface area contributed by atoms with Crippen LogP contribution < -0.4 is 5.32 Å². The molecule has 0 saturated carbocycles. The van der Waals surface area contributed by atoms with Gasteiger partial charge in [0.05, 0.1) is 24.7 Å². The summed E-state index contributed by atoms with van der Waals surface area (Å²) in [7, 11) is -3.56. The number of carbonyl (C=O) groups is 1. The Morgan fingerprint density at radius 1 is 0.824 bits per heavy atom. The van der Waals surface area contributed by atoms with Crippen LogP contribution in [0.4, 0.5) is 5.69 Å². The summed E-state index contributed by atoms with van der Waals surface area (Å²) in [4.78, 5) is 15.1. The SMILES string of the molecule is O=C(CN(Cc1ccccc1)Cc1ccccc1)Nc1ccc(S(=O)(=O)N2CCOCC2)cc1. The fraction of sp³-hybridized carbons (Fsp3) is 0.269. The average Bonchev–Trinajstić information content (AvgIpc) is 2.86. The van der Waals surface area contributed by atoms with Crippen molar-refractivity contribution in [1.82, 2.24) is 9.21 Å². The van der Waals surface area contributed by atoms with Gasteiger partial charge in [0.15, 0.2) is 0 Å². The number of benzene rings is 3. The summed E-state index contributed by atoms with van der Waals surface area (Å²) in [6.07, 6.45) is 0. The number of amides is 1. The van der Waals surface area contributed by atoms with E-state index >= 15 is 0 Å². The number of anilines is 1. The van der Waals surface area contributed by atoms with Gasteiger partial charge < -0.3 is 10.1 Å². The second-order valence-corrected chi connectivity index (χ2v) is 10.1. The highest BCUT2D eigenvalue weighted by Crippen LogP contribution is 2.19. The minimum atomic E-state index is -3.56. The van der Waals surface area contributed by atoms with Crippen LogP contribution in [0.25, 0.3) is 0 Å². The van der Waals surface area contributed by atoms with E-state index in [1.807, 2.05) is 60.7 Å². The zero-order valence-electron chi connectivity index (χ0n) is 19.0. The molecule has 1 aliphatic rings. The predicted octanol–water partition coefficient (Wildman–Crippen LogP) is 3.35. The Labute approximate surface area is 201 Å². The molecule has 8 heteroatoms. The van der Waals surface area contributed by atoms with Gasteiger partial charge in [-0.05, 0) is 35.4 Å². The van der Waals surface area contributed by atoms with Gasteiger partial charge in [-0.3, -0.25) is 9.69 Å². The number of hydrogen-bond acceptors (Lipinski definition) is 5. The zero-order valence-corrected chi connectivity index (χ0v) is 19.8. The molecule has 1 aliphatic heterocycles. The first kappa shape index (κ1) is 24.1. The van der Waals surface area contributed by atoms with E-state index in [4.69, 9.17) is 4.74 Å². The third-order valence-corrected chi connectivity index (χ3v) is 7.52. The Bertz CT molecular complexity index is 1120. The minimum Gasteiger partial charge on any atom is -0.379 e. The molecule has 1 N–H and O–H groups in total. The summed E-state index contributed by atoms with van der Waals surface area (Å²) in [5.41, 5.74) is 2.82. The van der Waals surface area contributed by atoms with Crippen molar-refractivity contribution in [1.29, 1.82) is 0 Å². The van der Waals surface area contributed by atoms with Crippen LogP contribution in [0.5, 0.6) is 0 Å². The summed E-state index contributed by atoms with van der Waals surface area (Å²) in [6.45, 7) is 2.97. The maximum Gasteiger partial charge on any atom is 0.243 e. The maximum atomic E-state index is 12.8. The highest BCUT2D eigenvalue weighted by Gasteiger charge is 2.26. The molecule has 1 heterocycles. The maximum absolute atomic E-state index is 12.8. The monoisotopic (exact) mass is 479 g/mol. The fourth-order valence-corrected chi connectivity index (χ4v) is 5.31. The van der Waals surface area contributed by atoms with Crippen LogP contribution in [0.3, 0.4) is 0 Å². The van der Waals surface area contributed by atoms with Crippen LogP contribution in [0.15, 0.2) is 89.8 Å². The summed E-state index contributed by atoms with van der Waals surface area (Å²) in [5.74, 6) is -0.157. The van der Waals surface area contributed by atoms with Crippen molar-refractivity contribution >= 4 is 21.6 Å². The number of nitrogens with one attached hydrogen (secondary N) is 1. The second-order valence-electron chi connectivity index (χ2n) is 8.21. The van der Waals surface area contributed by atoms with Crippen LogP contribution in [-0.2, 0) is 32.6 Å². The van der Waals surface area contributed by atoms with Crippen molar-refractivity contribution in [2.75, 3.05) is 38.2 Å². The molecule has 1 amide bonds. The highest BCUT2D eigenvalue weighted by molar-refractivity contribution is 7.89. The molecule has 0 aliphatic carbocycles. The van der Waals surface area contributed by atoms with Gasteiger partial charge >= 0.3 is 0 Å². The van der Waals surface area contributed by atoms with Crippen LogP contribution >= 0.6 is 0 Å². The van der Waals surface area contributed by atoms with Crippen molar-refractivity contribution in [2.24, 2.45) is 0 Å². The number of carbonyl (C=O) groups excluding carboxylic acids is 1. The molecule has 3 aromatic rings.